The Kier molecular flexibility index (Phi) is 5.84. The van der Waals surface area contributed by atoms with Crippen molar-refractivity contribution in [3.63, 3.8) is 0 Å². The average Bonchev–Trinajstić information content (AvgIpc) is 2.71. The fourth-order valence-electron chi connectivity index (χ4n) is 4.11. The van der Waals surface area contributed by atoms with Gasteiger partial charge in [-0.15, -0.1) is 0 Å². The molecule has 1 aliphatic heterocycles. The van der Waals surface area contributed by atoms with Gasteiger partial charge in [0, 0.05) is 18.1 Å². The Hall–Kier alpha value is -0.160. The molecule has 3 atom stereocenters. The Morgan fingerprint density at radius 3 is 2.80 bits per heavy atom. The predicted octanol–water partition coefficient (Wildman–Crippen LogP) is 1.28. The van der Waals surface area contributed by atoms with Gasteiger partial charge in [0.25, 0.3) is 0 Å². The fourth-order valence-corrected chi connectivity index (χ4v) is 4.11. The van der Waals surface area contributed by atoms with E-state index in [0.29, 0.717) is 12.0 Å². The van der Waals surface area contributed by atoms with Gasteiger partial charge in [-0.1, -0.05) is 13.3 Å². The molecule has 20 heavy (non-hydrogen) atoms. The monoisotopic (exact) mass is 283 g/mol. The zero-order valence-electron chi connectivity index (χ0n) is 13.4. The number of hydrogen-bond acceptors (Lipinski definition) is 4. The van der Waals surface area contributed by atoms with Crippen LogP contribution in [0.25, 0.3) is 0 Å². The number of aliphatic hydroxyl groups is 1. The van der Waals surface area contributed by atoms with Gasteiger partial charge in [-0.2, -0.15) is 0 Å². The summed E-state index contributed by atoms with van der Waals surface area (Å²) < 4.78 is 0. The van der Waals surface area contributed by atoms with Gasteiger partial charge < -0.3 is 15.7 Å². The summed E-state index contributed by atoms with van der Waals surface area (Å²) >= 11 is 0. The second kappa shape index (κ2) is 7.21. The molecule has 0 aromatic carbocycles. The van der Waals surface area contributed by atoms with E-state index in [9.17, 15) is 5.11 Å². The molecular formula is C16H33N3O. The highest BCUT2D eigenvalue weighted by atomic mass is 16.3. The first-order valence-electron chi connectivity index (χ1n) is 8.41. The number of likely N-dealkylation sites (N-methyl/N-ethyl adjacent to an activating group) is 1. The maximum absolute atomic E-state index is 9.57. The number of nitrogens with two attached hydrogens (primary N) is 1. The molecule has 0 spiro atoms. The van der Waals surface area contributed by atoms with E-state index in [1.54, 1.807) is 0 Å². The fraction of sp³-hybridized carbons (Fsp3) is 1.00. The molecule has 0 radical (unpaired) electrons. The lowest BCUT2D eigenvalue weighted by Crippen LogP contribution is -2.48. The number of aliphatic hydroxyl groups excluding tert-OH is 1. The largest absolute Gasteiger partial charge is 0.394 e. The van der Waals surface area contributed by atoms with Crippen molar-refractivity contribution in [2.24, 2.45) is 11.7 Å². The molecule has 0 amide bonds. The molecule has 3 unspecified atom stereocenters. The Morgan fingerprint density at radius 1 is 1.30 bits per heavy atom. The normalized spacial score (nSPS) is 37.2. The molecule has 1 saturated carbocycles. The first kappa shape index (κ1) is 16.2. The molecular weight excluding hydrogens is 250 g/mol. The number of rotatable bonds is 5. The smallest absolute Gasteiger partial charge is 0.0613 e. The zero-order valence-corrected chi connectivity index (χ0v) is 13.4. The molecule has 118 valence electrons. The number of hydrogen-bond donors (Lipinski definition) is 2. The van der Waals surface area contributed by atoms with E-state index in [0.717, 1.165) is 19.4 Å². The van der Waals surface area contributed by atoms with Gasteiger partial charge in [-0.25, -0.2) is 0 Å². The lowest BCUT2D eigenvalue weighted by atomic mass is 9.86. The summed E-state index contributed by atoms with van der Waals surface area (Å²) in [5, 5.41) is 9.57. The summed E-state index contributed by atoms with van der Waals surface area (Å²) in [7, 11) is 2.24. The van der Waals surface area contributed by atoms with Crippen LogP contribution in [0.5, 0.6) is 0 Å². The van der Waals surface area contributed by atoms with E-state index in [1.165, 1.54) is 45.3 Å². The summed E-state index contributed by atoms with van der Waals surface area (Å²) in [5.41, 5.74) is 6.06. The molecule has 2 fully saturated rings. The van der Waals surface area contributed by atoms with Crippen molar-refractivity contribution >= 4 is 0 Å². The molecule has 2 aliphatic rings. The third kappa shape index (κ3) is 3.73. The zero-order chi connectivity index (χ0) is 14.6. The van der Waals surface area contributed by atoms with E-state index in [4.69, 9.17) is 5.73 Å². The van der Waals surface area contributed by atoms with Crippen LogP contribution < -0.4 is 5.73 Å². The lowest BCUT2D eigenvalue weighted by Gasteiger charge is -2.34. The maximum Gasteiger partial charge on any atom is 0.0613 e. The molecule has 1 saturated heterocycles. The van der Waals surface area contributed by atoms with Crippen molar-refractivity contribution in [3.05, 3.63) is 0 Å². The quantitative estimate of drug-likeness (QED) is 0.798. The van der Waals surface area contributed by atoms with Crippen LogP contribution in [0.15, 0.2) is 0 Å². The standard InChI is InChI=1S/C16H33N3O/c1-3-15-12-18(2)9-5-10-19(15)11-7-14-6-4-8-16(14,17)13-20/h14-15,20H,3-13,17H2,1-2H3. The highest BCUT2D eigenvalue weighted by Crippen LogP contribution is 2.36. The molecule has 0 aromatic rings. The van der Waals surface area contributed by atoms with Gasteiger partial charge in [0.15, 0.2) is 0 Å². The van der Waals surface area contributed by atoms with E-state index in [2.05, 4.69) is 23.8 Å². The van der Waals surface area contributed by atoms with Crippen LogP contribution in [0.4, 0.5) is 0 Å². The van der Waals surface area contributed by atoms with Gasteiger partial charge in [-0.05, 0) is 64.7 Å². The second-order valence-corrected chi connectivity index (χ2v) is 6.98. The predicted molar refractivity (Wildman–Crippen MR) is 83.7 cm³/mol. The van der Waals surface area contributed by atoms with Crippen LogP contribution >= 0.6 is 0 Å². The van der Waals surface area contributed by atoms with E-state index in [-0.39, 0.29) is 12.1 Å². The summed E-state index contributed by atoms with van der Waals surface area (Å²) in [6.45, 7) is 7.22. The van der Waals surface area contributed by atoms with Gasteiger partial charge in [0.2, 0.25) is 0 Å². The third-order valence-corrected chi connectivity index (χ3v) is 5.56. The van der Waals surface area contributed by atoms with Gasteiger partial charge in [0.1, 0.15) is 0 Å². The van der Waals surface area contributed by atoms with E-state index >= 15 is 0 Å². The molecule has 4 nitrogen and oxygen atoms in total. The first-order valence-corrected chi connectivity index (χ1v) is 8.41. The molecule has 0 bridgehead atoms. The van der Waals surface area contributed by atoms with E-state index < -0.39 is 0 Å². The molecule has 3 N–H and O–H groups in total. The minimum absolute atomic E-state index is 0.150. The summed E-state index contributed by atoms with van der Waals surface area (Å²) in [5.74, 6) is 0.506. The minimum atomic E-state index is -0.301. The van der Waals surface area contributed by atoms with Crippen LogP contribution in [0, 0.1) is 5.92 Å². The van der Waals surface area contributed by atoms with Gasteiger partial charge >= 0.3 is 0 Å². The topological polar surface area (TPSA) is 52.7 Å². The van der Waals surface area contributed by atoms with Crippen LogP contribution in [0.2, 0.25) is 0 Å². The van der Waals surface area contributed by atoms with E-state index in [1.807, 2.05) is 0 Å². The maximum atomic E-state index is 9.57. The Bertz CT molecular complexity index is 299. The van der Waals surface area contributed by atoms with Crippen molar-refractivity contribution in [1.82, 2.24) is 9.80 Å². The highest BCUT2D eigenvalue weighted by Gasteiger charge is 2.38. The SMILES string of the molecule is CCC1CN(C)CCCN1CCC1CCCC1(N)CO. The van der Waals surface area contributed by atoms with Gasteiger partial charge in [-0.3, -0.25) is 4.90 Å². The summed E-state index contributed by atoms with van der Waals surface area (Å²) in [4.78, 5) is 5.13. The highest BCUT2D eigenvalue weighted by molar-refractivity contribution is 4.96. The molecule has 1 aliphatic carbocycles. The molecule has 2 rings (SSSR count). The summed E-state index contributed by atoms with van der Waals surface area (Å²) in [6, 6.07) is 0.685. The van der Waals surface area contributed by atoms with Crippen LogP contribution in [0.1, 0.15) is 45.4 Å². The van der Waals surface area contributed by atoms with Crippen LogP contribution in [0.3, 0.4) is 0 Å². The van der Waals surface area contributed by atoms with Crippen molar-refractivity contribution in [2.45, 2.75) is 57.0 Å². The number of nitrogens with zero attached hydrogens (tertiary/aromatic N) is 2. The Morgan fingerprint density at radius 2 is 2.10 bits per heavy atom. The second-order valence-electron chi connectivity index (χ2n) is 6.98. The lowest BCUT2D eigenvalue weighted by molar-refractivity contribution is 0.129. The van der Waals surface area contributed by atoms with Crippen LogP contribution in [-0.4, -0.2) is 66.3 Å². The van der Waals surface area contributed by atoms with Crippen molar-refractivity contribution in [1.29, 1.82) is 0 Å². The Balaban J connectivity index is 1.88. The third-order valence-electron chi connectivity index (χ3n) is 5.56. The minimum Gasteiger partial charge on any atom is -0.394 e. The summed E-state index contributed by atoms with van der Waals surface area (Å²) in [6.07, 6.45) is 7.02. The molecule has 0 aromatic heterocycles. The molecule has 1 heterocycles. The van der Waals surface area contributed by atoms with Gasteiger partial charge in [0.05, 0.1) is 6.61 Å². The van der Waals surface area contributed by atoms with Crippen molar-refractivity contribution in [3.8, 4) is 0 Å². The van der Waals surface area contributed by atoms with Crippen molar-refractivity contribution in [2.75, 3.05) is 39.8 Å². The molecule has 4 heteroatoms. The average molecular weight is 283 g/mol. The van der Waals surface area contributed by atoms with Crippen LogP contribution in [-0.2, 0) is 0 Å². The first-order chi connectivity index (χ1) is 9.59. The van der Waals surface area contributed by atoms with Crippen molar-refractivity contribution < 1.29 is 5.11 Å². The Labute approximate surface area is 124 Å².